The summed E-state index contributed by atoms with van der Waals surface area (Å²) in [7, 11) is 3.30. The second-order valence-electron chi connectivity index (χ2n) is 5.69. The summed E-state index contributed by atoms with van der Waals surface area (Å²) >= 11 is 0. The summed E-state index contributed by atoms with van der Waals surface area (Å²) < 4.78 is 10.8. The third-order valence-corrected chi connectivity index (χ3v) is 3.79. The van der Waals surface area contributed by atoms with Crippen LogP contribution in [0.1, 0.15) is 48.1 Å². The van der Waals surface area contributed by atoms with Crippen molar-refractivity contribution < 1.29 is 14.3 Å². The van der Waals surface area contributed by atoms with Gasteiger partial charge < -0.3 is 20.1 Å². The molecule has 1 aliphatic rings. The summed E-state index contributed by atoms with van der Waals surface area (Å²) in [5.74, 6) is 0.508. The predicted molar refractivity (Wildman–Crippen MR) is 86.4 cm³/mol. The summed E-state index contributed by atoms with van der Waals surface area (Å²) in [5, 5.41) is 6.22. The maximum Gasteiger partial charge on any atom is 0.254 e. The summed E-state index contributed by atoms with van der Waals surface area (Å²) in [6.07, 6.45) is 3.30. The number of rotatable bonds is 9. The molecule has 122 valence electrons. The van der Waals surface area contributed by atoms with E-state index in [0.717, 1.165) is 12.0 Å². The van der Waals surface area contributed by atoms with E-state index in [-0.39, 0.29) is 11.9 Å². The summed E-state index contributed by atoms with van der Waals surface area (Å²) in [4.78, 5) is 12.0. The fraction of sp³-hybridized carbons (Fsp3) is 0.588. The highest BCUT2D eigenvalue weighted by Crippen LogP contribution is 2.28. The number of amides is 1. The van der Waals surface area contributed by atoms with Crippen LogP contribution in [0.3, 0.4) is 0 Å². The second-order valence-corrected chi connectivity index (χ2v) is 5.69. The Morgan fingerprint density at radius 2 is 2.14 bits per heavy atom. The standard InChI is InChI=1S/C17H26N2O3/c1-12(19-14-6-7-14)13-5-8-15(17(20)18-2)16(11-13)22-10-4-9-21-3/h5,8,11-12,14,19H,4,6-7,9-10H2,1-3H3,(H,18,20). The summed E-state index contributed by atoms with van der Waals surface area (Å²) in [6.45, 7) is 3.32. The molecule has 1 aliphatic carbocycles. The molecular formula is C17H26N2O3. The monoisotopic (exact) mass is 306 g/mol. The van der Waals surface area contributed by atoms with Crippen LogP contribution in [0.2, 0.25) is 0 Å². The van der Waals surface area contributed by atoms with Gasteiger partial charge >= 0.3 is 0 Å². The van der Waals surface area contributed by atoms with E-state index in [2.05, 4.69) is 17.6 Å². The molecule has 1 unspecified atom stereocenters. The van der Waals surface area contributed by atoms with Gasteiger partial charge in [0.2, 0.25) is 0 Å². The van der Waals surface area contributed by atoms with Gasteiger partial charge in [0.05, 0.1) is 12.2 Å². The Hall–Kier alpha value is -1.59. The molecule has 1 fully saturated rings. The van der Waals surface area contributed by atoms with Crippen molar-refractivity contribution in [1.82, 2.24) is 10.6 Å². The van der Waals surface area contributed by atoms with Crippen LogP contribution in [-0.2, 0) is 4.74 Å². The molecule has 5 heteroatoms. The van der Waals surface area contributed by atoms with Crippen molar-refractivity contribution in [2.45, 2.75) is 38.3 Å². The zero-order chi connectivity index (χ0) is 15.9. The number of ether oxygens (including phenoxy) is 2. The van der Waals surface area contributed by atoms with E-state index in [1.807, 2.05) is 18.2 Å². The first-order valence-electron chi connectivity index (χ1n) is 7.89. The zero-order valence-electron chi connectivity index (χ0n) is 13.6. The average molecular weight is 306 g/mol. The van der Waals surface area contributed by atoms with Crippen LogP contribution in [0.25, 0.3) is 0 Å². The molecule has 1 amide bonds. The molecule has 0 aromatic heterocycles. The molecule has 1 atom stereocenters. The number of hydrogen-bond acceptors (Lipinski definition) is 4. The first kappa shape index (κ1) is 16.8. The molecule has 0 bridgehead atoms. The molecule has 0 saturated heterocycles. The third kappa shape index (κ3) is 4.71. The number of carbonyl (C=O) groups is 1. The number of hydrogen-bond donors (Lipinski definition) is 2. The Bertz CT molecular complexity index is 501. The van der Waals surface area contributed by atoms with E-state index >= 15 is 0 Å². The van der Waals surface area contributed by atoms with Crippen molar-refractivity contribution in [1.29, 1.82) is 0 Å². The number of carbonyl (C=O) groups excluding carboxylic acids is 1. The molecule has 5 nitrogen and oxygen atoms in total. The van der Waals surface area contributed by atoms with Gasteiger partial charge in [0, 0.05) is 39.3 Å². The largest absolute Gasteiger partial charge is 0.493 e. The summed E-state index contributed by atoms with van der Waals surface area (Å²) in [6, 6.07) is 6.70. The van der Waals surface area contributed by atoms with Gasteiger partial charge in [-0.1, -0.05) is 6.07 Å². The highest BCUT2D eigenvalue weighted by molar-refractivity contribution is 5.96. The van der Waals surface area contributed by atoms with Crippen molar-refractivity contribution in [3.8, 4) is 5.75 Å². The first-order chi connectivity index (χ1) is 10.7. The van der Waals surface area contributed by atoms with Crippen molar-refractivity contribution in [3.63, 3.8) is 0 Å². The fourth-order valence-corrected chi connectivity index (χ4v) is 2.34. The van der Waals surface area contributed by atoms with Gasteiger partial charge in [0.25, 0.3) is 5.91 Å². The Morgan fingerprint density at radius 1 is 1.36 bits per heavy atom. The van der Waals surface area contributed by atoms with E-state index in [1.54, 1.807) is 14.2 Å². The SMILES string of the molecule is CNC(=O)c1ccc(C(C)NC2CC2)cc1OCCCOC. The van der Waals surface area contributed by atoms with Gasteiger partial charge in [-0.05, 0) is 37.5 Å². The van der Waals surface area contributed by atoms with Crippen LogP contribution >= 0.6 is 0 Å². The van der Waals surface area contributed by atoms with Gasteiger partial charge in [-0.2, -0.15) is 0 Å². The Balaban J connectivity index is 2.10. The molecule has 0 spiro atoms. The van der Waals surface area contributed by atoms with Crippen LogP contribution < -0.4 is 15.4 Å². The number of nitrogens with one attached hydrogen (secondary N) is 2. The molecule has 22 heavy (non-hydrogen) atoms. The lowest BCUT2D eigenvalue weighted by molar-refractivity contribution is 0.0958. The summed E-state index contributed by atoms with van der Waals surface area (Å²) in [5.41, 5.74) is 1.71. The smallest absolute Gasteiger partial charge is 0.254 e. The minimum Gasteiger partial charge on any atom is -0.493 e. The predicted octanol–water partition coefficient (Wildman–Crippen LogP) is 2.27. The quantitative estimate of drug-likeness (QED) is 0.687. The Kier molecular flexibility index (Phi) is 6.21. The third-order valence-electron chi connectivity index (χ3n) is 3.79. The Labute approximate surface area is 132 Å². The normalized spacial score (nSPS) is 15.4. The van der Waals surface area contributed by atoms with Crippen LogP contribution in [0, 0.1) is 0 Å². The molecule has 1 aromatic rings. The molecule has 0 radical (unpaired) electrons. The molecule has 2 N–H and O–H groups in total. The lowest BCUT2D eigenvalue weighted by atomic mass is 10.0. The molecule has 2 rings (SSSR count). The van der Waals surface area contributed by atoms with Crippen LogP contribution in [-0.4, -0.2) is 39.3 Å². The molecular weight excluding hydrogens is 280 g/mol. The van der Waals surface area contributed by atoms with Crippen LogP contribution in [0.5, 0.6) is 5.75 Å². The van der Waals surface area contributed by atoms with Crippen LogP contribution in [0.4, 0.5) is 0 Å². The van der Waals surface area contributed by atoms with E-state index < -0.39 is 0 Å². The van der Waals surface area contributed by atoms with E-state index in [9.17, 15) is 4.79 Å². The van der Waals surface area contributed by atoms with Gasteiger partial charge in [0.15, 0.2) is 0 Å². The minimum absolute atomic E-state index is 0.129. The number of methoxy groups -OCH3 is 1. The van der Waals surface area contributed by atoms with E-state index in [1.165, 1.54) is 12.8 Å². The highest BCUT2D eigenvalue weighted by Gasteiger charge is 2.24. The van der Waals surface area contributed by atoms with Crippen molar-refractivity contribution in [3.05, 3.63) is 29.3 Å². The minimum atomic E-state index is -0.129. The molecule has 0 heterocycles. The fourth-order valence-electron chi connectivity index (χ4n) is 2.34. The number of benzene rings is 1. The van der Waals surface area contributed by atoms with Crippen LogP contribution in [0.15, 0.2) is 18.2 Å². The van der Waals surface area contributed by atoms with Gasteiger partial charge in [-0.25, -0.2) is 0 Å². The van der Waals surface area contributed by atoms with E-state index in [0.29, 0.717) is 30.6 Å². The first-order valence-corrected chi connectivity index (χ1v) is 7.89. The maximum atomic E-state index is 12.0. The molecule has 0 aliphatic heterocycles. The Morgan fingerprint density at radius 3 is 2.77 bits per heavy atom. The zero-order valence-corrected chi connectivity index (χ0v) is 13.6. The highest BCUT2D eigenvalue weighted by atomic mass is 16.5. The lowest BCUT2D eigenvalue weighted by Gasteiger charge is -2.17. The molecule has 1 saturated carbocycles. The van der Waals surface area contributed by atoms with Gasteiger partial charge in [-0.3, -0.25) is 4.79 Å². The second kappa shape index (κ2) is 8.15. The van der Waals surface area contributed by atoms with Crippen molar-refractivity contribution >= 4 is 5.91 Å². The molecule has 1 aromatic carbocycles. The lowest BCUT2D eigenvalue weighted by Crippen LogP contribution is -2.22. The maximum absolute atomic E-state index is 12.0. The topological polar surface area (TPSA) is 59.6 Å². The van der Waals surface area contributed by atoms with Crippen molar-refractivity contribution in [2.75, 3.05) is 27.4 Å². The van der Waals surface area contributed by atoms with Crippen molar-refractivity contribution in [2.24, 2.45) is 0 Å². The van der Waals surface area contributed by atoms with E-state index in [4.69, 9.17) is 9.47 Å². The average Bonchev–Trinajstić information content (AvgIpc) is 3.34. The van der Waals surface area contributed by atoms with Gasteiger partial charge in [0.1, 0.15) is 5.75 Å². The van der Waals surface area contributed by atoms with Gasteiger partial charge in [-0.15, -0.1) is 0 Å².